The Hall–Kier alpha value is -0.930. The van der Waals surface area contributed by atoms with Crippen molar-refractivity contribution in [2.45, 2.75) is 45.3 Å². The van der Waals surface area contributed by atoms with Crippen LogP contribution in [0, 0.1) is 22.6 Å². The van der Waals surface area contributed by atoms with E-state index < -0.39 is 17.1 Å². The van der Waals surface area contributed by atoms with Gasteiger partial charge in [-0.05, 0) is 35.8 Å². The van der Waals surface area contributed by atoms with E-state index in [1.54, 1.807) is 18.2 Å². The van der Waals surface area contributed by atoms with Crippen molar-refractivity contribution in [2.75, 3.05) is 0 Å². The summed E-state index contributed by atoms with van der Waals surface area (Å²) < 4.78 is 14.1. The molecular weight excluding hydrogens is 243 g/mol. The second kappa shape index (κ2) is 3.58. The molecule has 19 heavy (non-hydrogen) atoms. The molecule has 0 radical (unpaired) electrons. The number of benzene rings is 1. The smallest absolute Gasteiger partial charge is 0.175 e. The molecule has 2 aliphatic carbocycles. The molecule has 1 aromatic carbocycles. The molecule has 3 rings (SSSR count). The lowest BCUT2D eigenvalue weighted by Crippen LogP contribution is -2.50. The van der Waals surface area contributed by atoms with Crippen LogP contribution in [0.2, 0.25) is 0 Å². The molecule has 2 saturated carbocycles. The Morgan fingerprint density at radius 2 is 1.79 bits per heavy atom. The molecule has 3 unspecified atom stereocenters. The topological polar surface area (TPSA) is 40.5 Å². The molecule has 0 heterocycles. The van der Waals surface area contributed by atoms with Crippen molar-refractivity contribution in [3.63, 3.8) is 0 Å². The molecule has 2 bridgehead atoms. The zero-order chi connectivity index (χ0) is 14.1. The molecule has 2 N–H and O–H groups in total. The van der Waals surface area contributed by atoms with Crippen molar-refractivity contribution in [3.05, 3.63) is 35.6 Å². The summed E-state index contributed by atoms with van der Waals surface area (Å²) in [4.78, 5) is 0. The molecule has 104 valence electrons. The van der Waals surface area contributed by atoms with E-state index in [9.17, 15) is 14.6 Å². The Balaban J connectivity index is 2.17. The molecule has 0 saturated heterocycles. The third-order valence-electron chi connectivity index (χ3n) is 6.19. The van der Waals surface area contributed by atoms with Crippen LogP contribution in [-0.2, 0) is 0 Å². The second-order valence-corrected chi connectivity index (χ2v) is 6.92. The van der Waals surface area contributed by atoms with E-state index in [-0.39, 0.29) is 17.2 Å². The number of rotatable bonds is 1. The number of hydrogen-bond acceptors (Lipinski definition) is 2. The lowest BCUT2D eigenvalue weighted by molar-refractivity contribution is -0.252. The van der Waals surface area contributed by atoms with Gasteiger partial charge >= 0.3 is 0 Å². The van der Waals surface area contributed by atoms with Gasteiger partial charge in [-0.1, -0.05) is 39.0 Å². The monoisotopic (exact) mass is 264 g/mol. The minimum atomic E-state index is -1.85. The van der Waals surface area contributed by atoms with E-state index in [1.807, 2.05) is 6.92 Å². The van der Waals surface area contributed by atoms with Crippen LogP contribution in [0.1, 0.15) is 45.1 Å². The van der Waals surface area contributed by atoms with Crippen molar-refractivity contribution >= 4 is 0 Å². The summed E-state index contributed by atoms with van der Waals surface area (Å²) >= 11 is 0. The summed E-state index contributed by atoms with van der Waals surface area (Å²) in [6.45, 7) is 6.08. The highest BCUT2D eigenvalue weighted by Crippen LogP contribution is 2.73. The predicted molar refractivity (Wildman–Crippen MR) is 70.9 cm³/mol. The zero-order valence-electron chi connectivity index (χ0n) is 11.7. The first-order valence-corrected chi connectivity index (χ1v) is 6.92. The molecule has 0 aromatic heterocycles. The van der Waals surface area contributed by atoms with E-state index in [0.717, 1.165) is 12.8 Å². The Bertz CT molecular complexity index is 523. The van der Waals surface area contributed by atoms with Crippen LogP contribution in [0.15, 0.2) is 24.3 Å². The minimum absolute atomic E-state index is 0.101. The van der Waals surface area contributed by atoms with Gasteiger partial charge < -0.3 is 10.2 Å². The van der Waals surface area contributed by atoms with Gasteiger partial charge in [0, 0.05) is 11.3 Å². The van der Waals surface area contributed by atoms with Crippen molar-refractivity contribution in [2.24, 2.45) is 16.7 Å². The van der Waals surface area contributed by atoms with Gasteiger partial charge in [0.15, 0.2) is 5.79 Å². The van der Waals surface area contributed by atoms with Crippen LogP contribution >= 0.6 is 0 Å². The zero-order valence-corrected chi connectivity index (χ0v) is 11.7. The second-order valence-electron chi connectivity index (χ2n) is 6.92. The van der Waals surface area contributed by atoms with E-state index in [4.69, 9.17) is 0 Å². The first-order chi connectivity index (χ1) is 8.73. The average Bonchev–Trinajstić information content (AvgIpc) is 2.61. The van der Waals surface area contributed by atoms with E-state index in [1.165, 1.54) is 6.07 Å². The van der Waals surface area contributed by atoms with Gasteiger partial charge in [0.2, 0.25) is 0 Å². The summed E-state index contributed by atoms with van der Waals surface area (Å²) in [6, 6.07) is 6.47. The predicted octanol–water partition coefficient (Wildman–Crippen LogP) is 3.05. The lowest BCUT2D eigenvalue weighted by atomic mass is 9.68. The van der Waals surface area contributed by atoms with Crippen molar-refractivity contribution in [1.29, 1.82) is 0 Å². The molecule has 0 amide bonds. The number of fused-ring (bicyclic) bond motifs is 2. The highest BCUT2D eigenvalue weighted by Gasteiger charge is 2.73. The van der Waals surface area contributed by atoms with Crippen molar-refractivity contribution in [3.8, 4) is 0 Å². The largest absolute Gasteiger partial charge is 0.365 e. The Kier molecular flexibility index (Phi) is 2.47. The Morgan fingerprint density at radius 3 is 2.32 bits per heavy atom. The van der Waals surface area contributed by atoms with Crippen LogP contribution in [0.25, 0.3) is 0 Å². The third-order valence-corrected chi connectivity index (χ3v) is 6.19. The third kappa shape index (κ3) is 1.33. The first-order valence-electron chi connectivity index (χ1n) is 6.92. The molecule has 0 aliphatic heterocycles. The van der Waals surface area contributed by atoms with Crippen molar-refractivity contribution < 1.29 is 14.6 Å². The quantitative estimate of drug-likeness (QED) is 0.765. The lowest BCUT2D eigenvalue weighted by Gasteiger charge is -2.43. The van der Waals surface area contributed by atoms with Gasteiger partial charge in [-0.15, -0.1) is 0 Å². The molecular formula is C16H21FO2. The summed E-state index contributed by atoms with van der Waals surface area (Å²) in [5, 5.41) is 21.4. The SMILES string of the molecule is CC1(C)C2CCC1(C)C(O)(O)C2c1ccccc1F. The van der Waals surface area contributed by atoms with Crippen LogP contribution in [0.3, 0.4) is 0 Å². The summed E-state index contributed by atoms with van der Waals surface area (Å²) in [5.74, 6) is -2.62. The van der Waals surface area contributed by atoms with Crippen LogP contribution in [0.4, 0.5) is 4.39 Å². The van der Waals surface area contributed by atoms with Gasteiger partial charge in [-0.2, -0.15) is 0 Å². The summed E-state index contributed by atoms with van der Waals surface area (Å²) in [6.07, 6.45) is 1.70. The van der Waals surface area contributed by atoms with Crippen molar-refractivity contribution in [1.82, 2.24) is 0 Å². The van der Waals surface area contributed by atoms with Crippen LogP contribution in [0.5, 0.6) is 0 Å². The molecule has 2 aliphatic rings. The van der Waals surface area contributed by atoms with Crippen LogP contribution < -0.4 is 0 Å². The number of hydrogen-bond donors (Lipinski definition) is 2. The normalized spacial score (nSPS) is 38.6. The molecule has 0 spiro atoms. The maximum absolute atomic E-state index is 14.1. The van der Waals surface area contributed by atoms with Crippen LogP contribution in [-0.4, -0.2) is 16.0 Å². The molecule has 3 atom stereocenters. The highest BCUT2D eigenvalue weighted by atomic mass is 19.1. The first kappa shape index (κ1) is 13.1. The van der Waals surface area contributed by atoms with E-state index >= 15 is 0 Å². The van der Waals surface area contributed by atoms with Gasteiger partial charge in [-0.3, -0.25) is 0 Å². The maximum atomic E-state index is 14.1. The number of halogens is 1. The van der Waals surface area contributed by atoms with Gasteiger partial charge in [0.25, 0.3) is 0 Å². The minimum Gasteiger partial charge on any atom is -0.365 e. The number of aliphatic hydroxyl groups is 2. The average molecular weight is 264 g/mol. The van der Waals surface area contributed by atoms with Gasteiger partial charge in [0.05, 0.1) is 0 Å². The standard InChI is InChI=1S/C16H21FO2/c1-14(2)11-8-9-15(14,3)16(18,19)13(11)10-6-4-5-7-12(10)17/h4-7,11,13,18-19H,8-9H2,1-3H3. The molecule has 2 nitrogen and oxygen atoms in total. The van der Waals surface area contributed by atoms with E-state index in [0.29, 0.717) is 5.56 Å². The fourth-order valence-corrected chi connectivity index (χ4v) is 4.56. The Morgan fingerprint density at radius 1 is 1.16 bits per heavy atom. The van der Waals surface area contributed by atoms with E-state index in [2.05, 4.69) is 13.8 Å². The maximum Gasteiger partial charge on any atom is 0.175 e. The Labute approximate surface area is 113 Å². The summed E-state index contributed by atoms with van der Waals surface area (Å²) in [5.41, 5.74) is -0.352. The van der Waals surface area contributed by atoms with Gasteiger partial charge in [0.1, 0.15) is 5.82 Å². The molecule has 3 heteroatoms. The highest BCUT2D eigenvalue weighted by molar-refractivity contribution is 5.33. The molecule has 2 fully saturated rings. The van der Waals surface area contributed by atoms with Gasteiger partial charge in [-0.25, -0.2) is 4.39 Å². The fraction of sp³-hybridized carbons (Fsp3) is 0.625. The fourth-order valence-electron chi connectivity index (χ4n) is 4.56. The molecule has 1 aromatic rings. The summed E-state index contributed by atoms with van der Waals surface area (Å²) in [7, 11) is 0.